The van der Waals surface area contributed by atoms with Crippen LogP contribution in [-0.2, 0) is 26.0 Å². The molecule has 0 fully saturated rings. The zero-order chi connectivity index (χ0) is 13.8. The van der Waals surface area contributed by atoms with Crippen molar-refractivity contribution in [3.63, 3.8) is 0 Å². The lowest BCUT2D eigenvalue weighted by Gasteiger charge is -2.08. The van der Waals surface area contributed by atoms with E-state index in [9.17, 15) is 0 Å². The van der Waals surface area contributed by atoms with E-state index in [4.69, 9.17) is 9.15 Å². The van der Waals surface area contributed by atoms with E-state index in [1.165, 1.54) is 36.0 Å². The zero-order valence-electron chi connectivity index (χ0n) is 11.9. The first-order valence-corrected chi connectivity index (χ1v) is 7.37. The lowest BCUT2D eigenvalue weighted by atomic mass is 10.1. The molecular weight excluding hydrogens is 250 g/mol. The second-order valence-electron chi connectivity index (χ2n) is 5.22. The fourth-order valence-electron chi connectivity index (χ4n) is 2.70. The summed E-state index contributed by atoms with van der Waals surface area (Å²) in [6, 6.07) is 8.44. The van der Waals surface area contributed by atoms with E-state index in [2.05, 4.69) is 30.4 Å². The van der Waals surface area contributed by atoms with Gasteiger partial charge in [0.1, 0.15) is 18.1 Å². The van der Waals surface area contributed by atoms with Crippen molar-refractivity contribution in [2.45, 2.75) is 39.3 Å². The molecule has 0 atom stereocenters. The first-order chi connectivity index (χ1) is 9.86. The fourth-order valence-corrected chi connectivity index (χ4v) is 2.70. The molecule has 0 unspecified atom stereocenters. The highest BCUT2D eigenvalue weighted by Crippen LogP contribution is 2.26. The van der Waals surface area contributed by atoms with E-state index >= 15 is 0 Å². The van der Waals surface area contributed by atoms with Gasteiger partial charge in [-0.1, -0.05) is 13.0 Å². The van der Waals surface area contributed by atoms with Crippen LogP contribution in [0, 0.1) is 0 Å². The maximum absolute atomic E-state index is 5.87. The Balaban J connectivity index is 1.63. The first kappa shape index (κ1) is 13.3. The van der Waals surface area contributed by atoms with Crippen LogP contribution in [0.1, 0.15) is 35.8 Å². The van der Waals surface area contributed by atoms with Gasteiger partial charge in [-0.25, -0.2) is 0 Å². The van der Waals surface area contributed by atoms with Crippen LogP contribution in [0.5, 0.6) is 5.75 Å². The number of benzene rings is 1. The van der Waals surface area contributed by atoms with Gasteiger partial charge in [0.2, 0.25) is 0 Å². The summed E-state index contributed by atoms with van der Waals surface area (Å²) >= 11 is 0. The molecule has 0 saturated heterocycles. The summed E-state index contributed by atoms with van der Waals surface area (Å²) in [4.78, 5) is 0. The van der Waals surface area contributed by atoms with Crippen molar-refractivity contribution in [2.24, 2.45) is 0 Å². The third-order valence-electron chi connectivity index (χ3n) is 3.84. The van der Waals surface area contributed by atoms with Crippen LogP contribution in [0.25, 0.3) is 0 Å². The van der Waals surface area contributed by atoms with Gasteiger partial charge in [-0.2, -0.15) is 0 Å². The number of rotatable bonds is 6. The molecule has 3 heteroatoms. The predicted molar refractivity (Wildman–Crippen MR) is 78.9 cm³/mol. The third-order valence-corrected chi connectivity index (χ3v) is 3.84. The molecule has 0 aliphatic heterocycles. The van der Waals surface area contributed by atoms with Gasteiger partial charge in [-0.05, 0) is 55.1 Å². The van der Waals surface area contributed by atoms with Crippen LogP contribution < -0.4 is 10.1 Å². The summed E-state index contributed by atoms with van der Waals surface area (Å²) in [6.45, 7) is 4.37. The third kappa shape index (κ3) is 2.88. The molecule has 20 heavy (non-hydrogen) atoms. The molecule has 1 aliphatic carbocycles. The average Bonchev–Trinajstić information content (AvgIpc) is 3.11. The van der Waals surface area contributed by atoms with Crippen molar-refractivity contribution in [2.75, 3.05) is 6.54 Å². The Morgan fingerprint density at radius 2 is 2.10 bits per heavy atom. The molecule has 1 aromatic carbocycles. The van der Waals surface area contributed by atoms with Gasteiger partial charge < -0.3 is 14.5 Å². The molecule has 1 heterocycles. The van der Waals surface area contributed by atoms with E-state index in [0.29, 0.717) is 6.61 Å². The number of ether oxygens (including phenoxy) is 1. The zero-order valence-corrected chi connectivity index (χ0v) is 11.9. The molecule has 0 bridgehead atoms. The van der Waals surface area contributed by atoms with Crippen molar-refractivity contribution in [3.8, 4) is 5.75 Å². The molecule has 1 aromatic heterocycles. The summed E-state index contributed by atoms with van der Waals surface area (Å²) in [6.07, 6.45) is 5.39. The molecule has 2 aromatic rings. The first-order valence-electron chi connectivity index (χ1n) is 7.37. The molecule has 0 spiro atoms. The molecule has 0 amide bonds. The molecule has 0 radical (unpaired) electrons. The fraction of sp³-hybridized carbons (Fsp3) is 0.412. The van der Waals surface area contributed by atoms with Gasteiger partial charge in [-0.15, -0.1) is 0 Å². The van der Waals surface area contributed by atoms with Gasteiger partial charge in [0.15, 0.2) is 0 Å². The van der Waals surface area contributed by atoms with Gasteiger partial charge in [-0.3, -0.25) is 0 Å². The van der Waals surface area contributed by atoms with Crippen molar-refractivity contribution in [3.05, 3.63) is 53.0 Å². The topological polar surface area (TPSA) is 34.4 Å². The minimum absolute atomic E-state index is 0.493. The lowest BCUT2D eigenvalue weighted by Crippen LogP contribution is -2.12. The van der Waals surface area contributed by atoms with Crippen molar-refractivity contribution in [1.29, 1.82) is 0 Å². The summed E-state index contributed by atoms with van der Waals surface area (Å²) in [5, 5.41) is 3.31. The Morgan fingerprint density at radius 3 is 3.00 bits per heavy atom. The van der Waals surface area contributed by atoms with E-state index < -0.39 is 0 Å². The lowest BCUT2D eigenvalue weighted by molar-refractivity contribution is 0.268. The van der Waals surface area contributed by atoms with Gasteiger partial charge in [0.05, 0.1) is 6.26 Å². The molecule has 0 saturated carbocycles. The summed E-state index contributed by atoms with van der Waals surface area (Å²) in [5.41, 5.74) is 4.09. The van der Waals surface area contributed by atoms with Crippen LogP contribution in [0.4, 0.5) is 0 Å². The minimum Gasteiger partial charge on any atom is -0.486 e. The number of hydrogen-bond acceptors (Lipinski definition) is 3. The smallest absolute Gasteiger partial charge is 0.146 e. The average molecular weight is 271 g/mol. The predicted octanol–water partition coefficient (Wildman–Crippen LogP) is 3.46. The number of hydrogen-bond donors (Lipinski definition) is 1. The number of nitrogens with one attached hydrogen (secondary N) is 1. The highest BCUT2D eigenvalue weighted by molar-refractivity contribution is 5.38. The standard InChI is InChI=1S/C17H21NO2/c1-2-18-11-15-8-9-19-17(15)12-20-16-7-6-13-4-3-5-14(13)10-16/h6-10,18H,2-5,11-12H2,1H3. The van der Waals surface area contributed by atoms with Crippen LogP contribution >= 0.6 is 0 Å². The normalized spacial score (nSPS) is 13.4. The van der Waals surface area contributed by atoms with E-state index in [0.717, 1.165) is 24.6 Å². The quantitative estimate of drug-likeness (QED) is 0.873. The Bertz CT molecular complexity index is 574. The Kier molecular flexibility index (Phi) is 4.07. The van der Waals surface area contributed by atoms with E-state index in [-0.39, 0.29) is 0 Å². The monoisotopic (exact) mass is 271 g/mol. The number of fused-ring (bicyclic) bond motifs is 1. The van der Waals surface area contributed by atoms with Crippen LogP contribution in [0.3, 0.4) is 0 Å². The van der Waals surface area contributed by atoms with E-state index in [1.807, 2.05) is 6.07 Å². The van der Waals surface area contributed by atoms with Crippen LogP contribution in [0.2, 0.25) is 0 Å². The second kappa shape index (κ2) is 6.14. The van der Waals surface area contributed by atoms with Crippen LogP contribution in [-0.4, -0.2) is 6.54 Å². The van der Waals surface area contributed by atoms with Gasteiger partial charge >= 0.3 is 0 Å². The summed E-state index contributed by atoms with van der Waals surface area (Å²) in [7, 11) is 0. The maximum Gasteiger partial charge on any atom is 0.146 e. The number of aryl methyl sites for hydroxylation is 2. The molecule has 3 nitrogen and oxygen atoms in total. The molecule has 1 aliphatic rings. The Hall–Kier alpha value is -1.74. The second-order valence-corrected chi connectivity index (χ2v) is 5.22. The van der Waals surface area contributed by atoms with Crippen molar-refractivity contribution >= 4 is 0 Å². The molecule has 1 N–H and O–H groups in total. The summed E-state index contributed by atoms with van der Waals surface area (Å²) < 4.78 is 11.4. The largest absolute Gasteiger partial charge is 0.486 e. The van der Waals surface area contributed by atoms with E-state index in [1.54, 1.807) is 6.26 Å². The molecule has 3 rings (SSSR count). The summed E-state index contributed by atoms with van der Waals surface area (Å²) in [5.74, 6) is 1.85. The minimum atomic E-state index is 0.493. The van der Waals surface area contributed by atoms with Crippen molar-refractivity contribution < 1.29 is 9.15 Å². The number of furan rings is 1. The highest BCUT2D eigenvalue weighted by Gasteiger charge is 2.12. The van der Waals surface area contributed by atoms with Gasteiger partial charge in [0.25, 0.3) is 0 Å². The Labute approximate surface area is 119 Å². The van der Waals surface area contributed by atoms with Gasteiger partial charge in [0, 0.05) is 12.1 Å². The Morgan fingerprint density at radius 1 is 1.20 bits per heavy atom. The maximum atomic E-state index is 5.87. The molecular formula is C17H21NO2. The highest BCUT2D eigenvalue weighted by atomic mass is 16.5. The molecule has 106 valence electrons. The van der Waals surface area contributed by atoms with Crippen LogP contribution in [0.15, 0.2) is 34.9 Å². The van der Waals surface area contributed by atoms with Crippen molar-refractivity contribution in [1.82, 2.24) is 5.32 Å². The SMILES string of the molecule is CCNCc1ccoc1COc1ccc2c(c1)CCC2.